The van der Waals surface area contributed by atoms with E-state index in [0.29, 0.717) is 6.04 Å². The molecule has 1 aliphatic rings. The molecule has 0 aliphatic heterocycles. The van der Waals surface area contributed by atoms with E-state index in [-0.39, 0.29) is 0 Å². The Morgan fingerprint density at radius 2 is 1.95 bits per heavy atom. The van der Waals surface area contributed by atoms with Gasteiger partial charge in [0.15, 0.2) is 0 Å². The second kappa shape index (κ2) is 6.19. The van der Waals surface area contributed by atoms with Crippen LogP contribution in [0, 0.1) is 0 Å². The van der Waals surface area contributed by atoms with Crippen LogP contribution in [0.5, 0.6) is 0 Å². The van der Waals surface area contributed by atoms with E-state index < -0.39 is 0 Å². The summed E-state index contributed by atoms with van der Waals surface area (Å²) < 4.78 is 0. The van der Waals surface area contributed by atoms with Gasteiger partial charge in [0, 0.05) is 18.4 Å². The van der Waals surface area contributed by atoms with Crippen molar-refractivity contribution >= 4 is 0 Å². The van der Waals surface area contributed by atoms with Gasteiger partial charge in [0.2, 0.25) is 0 Å². The standard InChI is InChI=1S/C18H22N2/c1-19-18(12-15-4-3-9-20-13-15)11-14-7-8-16-5-2-6-17(16)10-14/h3-4,7-10,13,18-19H,2,5-6,11-12H2,1H3. The van der Waals surface area contributed by atoms with Crippen LogP contribution in [0.2, 0.25) is 0 Å². The molecule has 0 saturated carbocycles. The van der Waals surface area contributed by atoms with Gasteiger partial charge in [0.05, 0.1) is 0 Å². The molecular weight excluding hydrogens is 244 g/mol. The Morgan fingerprint density at radius 1 is 1.10 bits per heavy atom. The summed E-state index contributed by atoms with van der Waals surface area (Å²) in [6.07, 6.45) is 9.76. The molecule has 1 aromatic heterocycles. The van der Waals surface area contributed by atoms with Crippen molar-refractivity contribution in [3.63, 3.8) is 0 Å². The third-order valence-corrected chi connectivity index (χ3v) is 4.26. The van der Waals surface area contributed by atoms with Crippen LogP contribution < -0.4 is 5.32 Å². The van der Waals surface area contributed by atoms with Crippen LogP contribution in [-0.2, 0) is 25.7 Å². The molecule has 1 aliphatic carbocycles. The molecule has 2 aromatic rings. The molecule has 0 radical (unpaired) electrons. The lowest BCUT2D eigenvalue weighted by molar-refractivity contribution is 0.555. The average Bonchev–Trinajstić information content (AvgIpc) is 2.95. The van der Waals surface area contributed by atoms with Crippen LogP contribution >= 0.6 is 0 Å². The largest absolute Gasteiger partial charge is 0.316 e. The first-order chi connectivity index (χ1) is 9.85. The topological polar surface area (TPSA) is 24.9 Å². The van der Waals surface area contributed by atoms with Gasteiger partial charge in [0.1, 0.15) is 0 Å². The van der Waals surface area contributed by atoms with E-state index in [1.165, 1.54) is 30.4 Å². The molecule has 2 heteroatoms. The van der Waals surface area contributed by atoms with Crippen LogP contribution in [0.4, 0.5) is 0 Å². The van der Waals surface area contributed by atoms with Crippen LogP contribution in [0.1, 0.15) is 28.7 Å². The SMILES string of the molecule is CNC(Cc1cccnc1)Cc1ccc2c(c1)CCC2. The number of aryl methyl sites for hydroxylation is 2. The molecule has 0 saturated heterocycles. The molecule has 1 unspecified atom stereocenters. The van der Waals surface area contributed by atoms with E-state index >= 15 is 0 Å². The van der Waals surface area contributed by atoms with Crippen molar-refractivity contribution in [2.75, 3.05) is 7.05 Å². The van der Waals surface area contributed by atoms with Gasteiger partial charge in [-0.1, -0.05) is 24.3 Å². The Hall–Kier alpha value is -1.67. The fourth-order valence-corrected chi connectivity index (χ4v) is 3.12. The van der Waals surface area contributed by atoms with E-state index in [0.717, 1.165) is 12.8 Å². The fourth-order valence-electron chi connectivity index (χ4n) is 3.12. The zero-order chi connectivity index (χ0) is 13.8. The molecular formula is C18H22N2. The predicted molar refractivity (Wildman–Crippen MR) is 83.0 cm³/mol. The molecule has 0 bridgehead atoms. The molecule has 0 spiro atoms. The number of rotatable bonds is 5. The number of aromatic nitrogens is 1. The van der Waals surface area contributed by atoms with Crippen molar-refractivity contribution in [1.82, 2.24) is 10.3 Å². The Balaban J connectivity index is 1.68. The Bertz CT molecular complexity index is 563. The fraction of sp³-hybridized carbons (Fsp3) is 0.389. The first-order valence-electron chi connectivity index (χ1n) is 7.52. The number of nitrogens with zero attached hydrogens (tertiary/aromatic N) is 1. The summed E-state index contributed by atoms with van der Waals surface area (Å²) in [6, 6.07) is 11.7. The molecule has 20 heavy (non-hydrogen) atoms. The van der Waals surface area contributed by atoms with Crippen LogP contribution in [0.15, 0.2) is 42.7 Å². The number of likely N-dealkylation sites (N-methyl/N-ethyl adjacent to an activating group) is 1. The zero-order valence-electron chi connectivity index (χ0n) is 12.1. The summed E-state index contributed by atoms with van der Waals surface area (Å²) in [4.78, 5) is 4.20. The molecule has 2 nitrogen and oxygen atoms in total. The first-order valence-corrected chi connectivity index (χ1v) is 7.52. The van der Waals surface area contributed by atoms with E-state index in [4.69, 9.17) is 0 Å². The van der Waals surface area contributed by atoms with Crippen molar-refractivity contribution in [2.45, 2.75) is 38.1 Å². The smallest absolute Gasteiger partial charge is 0.0300 e. The van der Waals surface area contributed by atoms with Gasteiger partial charge in [0.25, 0.3) is 0 Å². The quantitative estimate of drug-likeness (QED) is 0.900. The first kappa shape index (κ1) is 13.3. The molecule has 0 fully saturated rings. The van der Waals surface area contributed by atoms with Crippen molar-refractivity contribution in [1.29, 1.82) is 0 Å². The normalized spacial score (nSPS) is 15.1. The molecule has 1 heterocycles. The van der Waals surface area contributed by atoms with Crippen LogP contribution in [0.25, 0.3) is 0 Å². The van der Waals surface area contributed by atoms with Gasteiger partial charge in [-0.2, -0.15) is 0 Å². The van der Waals surface area contributed by atoms with Crippen LogP contribution in [-0.4, -0.2) is 18.1 Å². The highest BCUT2D eigenvalue weighted by Gasteiger charge is 2.13. The Kier molecular flexibility index (Phi) is 4.12. The molecule has 104 valence electrons. The lowest BCUT2D eigenvalue weighted by atomic mass is 9.97. The van der Waals surface area contributed by atoms with Gasteiger partial charge < -0.3 is 5.32 Å². The molecule has 0 amide bonds. The lowest BCUT2D eigenvalue weighted by Crippen LogP contribution is -2.30. The van der Waals surface area contributed by atoms with E-state index in [2.05, 4.69) is 41.6 Å². The van der Waals surface area contributed by atoms with Crippen molar-refractivity contribution in [3.8, 4) is 0 Å². The minimum Gasteiger partial charge on any atom is -0.316 e. The highest BCUT2D eigenvalue weighted by Crippen LogP contribution is 2.23. The third kappa shape index (κ3) is 3.07. The molecule has 1 atom stereocenters. The Morgan fingerprint density at radius 3 is 2.75 bits per heavy atom. The van der Waals surface area contributed by atoms with Gasteiger partial charge in [-0.05, 0) is 67.5 Å². The van der Waals surface area contributed by atoms with Gasteiger partial charge in [-0.15, -0.1) is 0 Å². The third-order valence-electron chi connectivity index (χ3n) is 4.26. The minimum atomic E-state index is 0.471. The Labute approximate surface area is 121 Å². The van der Waals surface area contributed by atoms with E-state index in [1.807, 2.05) is 18.5 Å². The van der Waals surface area contributed by atoms with Crippen molar-refractivity contribution < 1.29 is 0 Å². The predicted octanol–water partition coefficient (Wildman–Crippen LogP) is 2.94. The second-order valence-electron chi connectivity index (χ2n) is 5.71. The molecule has 1 N–H and O–H groups in total. The number of nitrogens with one attached hydrogen (secondary N) is 1. The number of hydrogen-bond donors (Lipinski definition) is 1. The summed E-state index contributed by atoms with van der Waals surface area (Å²) in [5.74, 6) is 0. The van der Waals surface area contributed by atoms with E-state index in [9.17, 15) is 0 Å². The van der Waals surface area contributed by atoms with Gasteiger partial charge in [-0.3, -0.25) is 4.98 Å². The second-order valence-corrected chi connectivity index (χ2v) is 5.71. The summed E-state index contributed by atoms with van der Waals surface area (Å²) in [5, 5.41) is 3.44. The minimum absolute atomic E-state index is 0.471. The van der Waals surface area contributed by atoms with Crippen molar-refractivity contribution in [3.05, 3.63) is 65.0 Å². The number of pyridine rings is 1. The highest BCUT2D eigenvalue weighted by atomic mass is 14.9. The summed E-state index contributed by atoms with van der Waals surface area (Å²) in [7, 11) is 2.05. The maximum absolute atomic E-state index is 4.20. The number of fused-ring (bicyclic) bond motifs is 1. The highest BCUT2D eigenvalue weighted by molar-refractivity contribution is 5.35. The lowest BCUT2D eigenvalue weighted by Gasteiger charge is -2.17. The maximum Gasteiger partial charge on any atom is 0.0300 e. The van der Waals surface area contributed by atoms with Gasteiger partial charge in [-0.25, -0.2) is 0 Å². The maximum atomic E-state index is 4.20. The molecule has 3 rings (SSSR count). The summed E-state index contributed by atoms with van der Waals surface area (Å²) in [5.41, 5.74) is 5.88. The van der Waals surface area contributed by atoms with Gasteiger partial charge >= 0.3 is 0 Å². The van der Waals surface area contributed by atoms with E-state index in [1.54, 1.807) is 11.1 Å². The average molecular weight is 266 g/mol. The monoisotopic (exact) mass is 266 g/mol. The number of hydrogen-bond acceptors (Lipinski definition) is 2. The van der Waals surface area contributed by atoms with Crippen LogP contribution in [0.3, 0.4) is 0 Å². The van der Waals surface area contributed by atoms with Crippen molar-refractivity contribution in [2.24, 2.45) is 0 Å². The zero-order valence-corrected chi connectivity index (χ0v) is 12.1. The summed E-state index contributed by atoms with van der Waals surface area (Å²) in [6.45, 7) is 0. The number of benzene rings is 1. The molecule has 1 aromatic carbocycles. The summed E-state index contributed by atoms with van der Waals surface area (Å²) >= 11 is 0.